The number of benzene rings is 1. The molecule has 0 saturated heterocycles. The summed E-state index contributed by atoms with van der Waals surface area (Å²) in [5.41, 5.74) is 7.30. The number of nitrogens with two attached hydrogens (primary N) is 1. The van der Waals surface area contributed by atoms with Crippen molar-refractivity contribution in [2.75, 3.05) is 18.0 Å². The van der Waals surface area contributed by atoms with Crippen molar-refractivity contribution in [3.63, 3.8) is 0 Å². The molecule has 17 heavy (non-hydrogen) atoms. The molecule has 0 heterocycles. The van der Waals surface area contributed by atoms with Gasteiger partial charge in [-0.2, -0.15) is 0 Å². The summed E-state index contributed by atoms with van der Waals surface area (Å²) in [5.74, 6) is -0.144. The van der Waals surface area contributed by atoms with Gasteiger partial charge in [0.05, 0.1) is 0 Å². The average Bonchev–Trinajstić information content (AvgIpc) is 2.29. The molecule has 0 amide bonds. The third-order valence-corrected chi connectivity index (χ3v) is 2.89. The highest BCUT2D eigenvalue weighted by atomic mass is 19.1. The molecule has 0 spiro atoms. The molecule has 1 rings (SSSR count). The topological polar surface area (TPSA) is 29.3 Å². The number of nitrogens with zero attached hydrogens (tertiary/aromatic N) is 1. The van der Waals surface area contributed by atoms with Gasteiger partial charge in [0, 0.05) is 23.8 Å². The van der Waals surface area contributed by atoms with Crippen molar-refractivity contribution >= 4 is 5.69 Å². The monoisotopic (exact) mass is 238 g/mol. The van der Waals surface area contributed by atoms with Crippen molar-refractivity contribution in [1.29, 1.82) is 0 Å². The molecule has 0 unspecified atom stereocenters. The van der Waals surface area contributed by atoms with E-state index in [-0.39, 0.29) is 5.82 Å². The van der Waals surface area contributed by atoms with Crippen LogP contribution in [0.2, 0.25) is 0 Å². The second-order valence-corrected chi connectivity index (χ2v) is 4.56. The maximum absolute atomic E-state index is 13.8. The highest BCUT2D eigenvalue weighted by Crippen LogP contribution is 2.25. The van der Waals surface area contributed by atoms with Gasteiger partial charge in [-0.1, -0.05) is 13.0 Å². The Balaban J connectivity index is 3.12. The fourth-order valence-electron chi connectivity index (χ4n) is 2.11. The molecule has 0 bridgehead atoms. The fourth-order valence-corrected chi connectivity index (χ4v) is 2.11. The number of anilines is 1. The normalized spacial score (nSPS) is 10.9. The largest absolute Gasteiger partial charge is 0.369 e. The van der Waals surface area contributed by atoms with E-state index in [1.165, 1.54) is 6.07 Å². The van der Waals surface area contributed by atoms with E-state index in [1.807, 2.05) is 6.07 Å². The lowest BCUT2D eigenvalue weighted by atomic mass is 10.1. The zero-order valence-electron chi connectivity index (χ0n) is 11.0. The van der Waals surface area contributed by atoms with Crippen molar-refractivity contribution < 1.29 is 4.39 Å². The molecule has 1 aromatic rings. The second-order valence-electron chi connectivity index (χ2n) is 4.56. The summed E-state index contributed by atoms with van der Waals surface area (Å²) < 4.78 is 13.8. The van der Waals surface area contributed by atoms with Gasteiger partial charge in [-0.25, -0.2) is 4.39 Å². The Morgan fingerprint density at radius 2 is 2.06 bits per heavy atom. The summed E-state index contributed by atoms with van der Waals surface area (Å²) in [5, 5.41) is 0. The van der Waals surface area contributed by atoms with Crippen molar-refractivity contribution in [2.24, 2.45) is 5.73 Å². The van der Waals surface area contributed by atoms with Crippen LogP contribution in [0.5, 0.6) is 0 Å². The van der Waals surface area contributed by atoms with E-state index in [0.717, 1.165) is 24.2 Å². The lowest BCUT2D eigenvalue weighted by molar-refractivity contribution is 0.601. The third kappa shape index (κ3) is 3.43. The van der Waals surface area contributed by atoms with E-state index in [0.29, 0.717) is 19.0 Å². The molecular weight excluding hydrogens is 215 g/mol. The summed E-state index contributed by atoms with van der Waals surface area (Å²) in [4.78, 5) is 2.24. The predicted molar refractivity (Wildman–Crippen MR) is 71.9 cm³/mol. The second kappa shape index (κ2) is 6.60. The van der Waals surface area contributed by atoms with Crippen LogP contribution in [0.3, 0.4) is 0 Å². The summed E-state index contributed by atoms with van der Waals surface area (Å²) in [6, 6.07) is 5.64. The summed E-state index contributed by atoms with van der Waals surface area (Å²) in [6.45, 7) is 7.82. The Morgan fingerprint density at radius 3 is 2.59 bits per heavy atom. The van der Waals surface area contributed by atoms with E-state index in [4.69, 9.17) is 5.73 Å². The molecule has 3 heteroatoms. The standard InChI is InChI=1S/C14H23FN2/c1-4-10-17(11(2)3)14-7-5-6-13(15)12(14)8-9-16/h5-7,11H,4,8-10,16H2,1-3H3. The number of halogens is 1. The van der Waals surface area contributed by atoms with E-state index < -0.39 is 0 Å². The Kier molecular flexibility index (Phi) is 5.42. The Bertz CT molecular complexity index is 350. The first-order chi connectivity index (χ1) is 8.11. The van der Waals surface area contributed by atoms with Gasteiger partial charge < -0.3 is 10.6 Å². The number of hydrogen-bond acceptors (Lipinski definition) is 2. The van der Waals surface area contributed by atoms with Crippen LogP contribution >= 0.6 is 0 Å². The van der Waals surface area contributed by atoms with Crippen LogP contribution in [-0.2, 0) is 6.42 Å². The first-order valence-corrected chi connectivity index (χ1v) is 6.35. The smallest absolute Gasteiger partial charge is 0.128 e. The molecule has 96 valence electrons. The highest BCUT2D eigenvalue weighted by molar-refractivity contribution is 5.55. The van der Waals surface area contributed by atoms with Crippen LogP contribution in [0.4, 0.5) is 10.1 Å². The Hall–Kier alpha value is -1.09. The van der Waals surface area contributed by atoms with Crippen molar-refractivity contribution in [3.8, 4) is 0 Å². The van der Waals surface area contributed by atoms with E-state index in [1.54, 1.807) is 6.07 Å². The molecular formula is C14H23FN2. The van der Waals surface area contributed by atoms with Gasteiger partial charge in [0.1, 0.15) is 5.82 Å². The summed E-state index contributed by atoms with van der Waals surface area (Å²) in [7, 11) is 0. The first-order valence-electron chi connectivity index (χ1n) is 6.35. The summed E-state index contributed by atoms with van der Waals surface area (Å²) >= 11 is 0. The molecule has 0 aromatic heterocycles. The van der Waals surface area contributed by atoms with Crippen LogP contribution in [0.1, 0.15) is 32.8 Å². The zero-order valence-corrected chi connectivity index (χ0v) is 11.0. The lowest BCUT2D eigenvalue weighted by Crippen LogP contribution is -2.32. The van der Waals surface area contributed by atoms with Gasteiger partial charge in [0.15, 0.2) is 0 Å². The van der Waals surface area contributed by atoms with Gasteiger partial charge in [-0.3, -0.25) is 0 Å². The lowest BCUT2D eigenvalue weighted by Gasteiger charge is -2.30. The van der Waals surface area contributed by atoms with Gasteiger partial charge in [0.2, 0.25) is 0 Å². The minimum absolute atomic E-state index is 0.144. The molecule has 2 nitrogen and oxygen atoms in total. The van der Waals surface area contributed by atoms with Gasteiger partial charge in [-0.15, -0.1) is 0 Å². The quantitative estimate of drug-likeness (QED) is 0.825. The molecule has 0 aliphatic heterocycles. The van der Waals surface area contributed by atoms with E-state index >= 15 is 0 Å². The minimum atomic E-state index is -0.144. The first kappa shape index (κ1) is 14.0. The Labute approximate surface area is 104 Å². The molecule has 0 saturated carbocycles. The number of hydrogen-bond donors (Lipinski definition) is 1. The maximum Gasteiger partial charge on any atom is 0.128 e. The van der Waals surface area contributed by atoms with Crippen LogP contribution < -0.4 is 10.6 Å². The fraction of sp³-hybridized carbons (Fsp3) is 0.571. The van der Waals surface area contributed by atoms with E-state index in [2.05, 4.69) is 25.7 Å². The maximum atomic E-state index is 13.8. The Morgan fingerprint density at radius 1 is 1.35 bits per heavy atom. The van der Waals surface area contributed by atoms with Crippen molar-refractivity contribution in [2.45, 2.75) is 39.7 Å². The average molecular weight is 238 g/mol. The van der Waals surface area contributed by atoms with Crippen molar-refractivity contribution in [3.05, 3.63) is 29.6 Å². The molecule has 0 aliphatic carbocycles. The van der Waals surface area contributed by atoms with Crippen LogP contribution in [0.15, 0.2) is 18.2 Å². The molecule has 0 radical (unpaired) electrons. The molecule has 0 fully saturated rings. The van der Waals surface area contributed by atoms with Crippen molar-refractivity contribution in [1.82, 2.24) is 0 Å². The molecule has 0 aliphatic rings. The van der Waals surface area contributed by atoms with E-state index in [9.17, 15) is 4.39 Å². The third-order valence-electron chi connectivity index (χ3n) is 2.89. The van der Waals surface area contributed by atoms with Gasteiger partial charge >= 0.3 is 0 Å². The van der Waals surface area contributed by atoms with Gasteiger partial charge in [0.25, 0.3) is 0 Å². The summed E-state index contributed by atoms with van der Waals surface area (Å²) in [6.07, 6.45) is 1.64. The van der Waals surface area contributed by atoms with Crippen LogP contribution in [0.25, 0.3) is 0 Å². The number of rotatable bonds is 6. The SMILES string of the molecule is CCCN(c1cccc(F)c1CCN)C(C)C. The zero-order chi connectivity index (χ0) is 12.8. The van der Waals surface area contributed by atoms with Crippen LogP contribution in [0, 0.1) is 5.82 Å². The van der Waals surface area contributed by atoms with Gasteiger partial charge in [-0.05, 0) is 45.4 Å². The van der Waals surface area contributed by atoms with Crippen LogP contribution in [-0.4, -0.2) is 19.1 Å². The molecule has 2 N–H and O–H groups in total. The highest BCUT2D eigenvalue weighted by Gasteiger charge is 2.15. The predicted octanol–water partition coefficient (Wildman–Crippen LogP) is 2.95. The minimum Gasteiger partial charge on any atom is -0.369 e. The molecule has 1 aromatic carbocycles. The molecule has 0 atom stereocenters.